The van der Waals surface area contributed by atoms with Crippen molar-refractivity contribution in [3.05, 3.63) is 22.5 Å². The van der Waals surface area contributed by atoms with Crippen LogP contribution < -0.4 is 5.32 Å². The molecule has 0 saturated carbocycles. The third-order valence-corrected chi connectivity index (χ3v) is 5.24. The Morgan fingerprint density at radius 1 is 1.36 bits per heavy atom. The fraction of sp³-hybridized carbons (Fsp3) is 0.632. The minimum atomic E-state index is 0.0679. The highest BCUT2D eigenvalue weighted by molar-refractivity contribution is 5.84. The molecule has 2 aromatic heterocycles. The van der Waals surface area contributed by atoms with E-state index in [1.165, 1.54) is 5.56 Å². The van der Waals surface area contributed by atoms with Crippen LogP contribution in [0.25, 0.3) is 11.0 Å². The van der Waals surface area contributed by atoms with Gasteiger partial charge in [-0.1, -0.05) is 0 Å². The monoisotopic (exact) mass is 344 g/mol. The molecule has 1 N–H and O–H groups in total. The lowest BCUT2D eigenvalue weighted by Gasteiger charge is -2.20. The maximum Gasteiger partial charge on any atom is 0.220 e. The Hall–Kier alpha value is -1.95. The maximum absolute atomic E-state index is 12.3. The summed E-state index contributed by atoms with van der Waals surface area (Å²) in [6, 6.07) is 0.0679. The Balaban J connectivity index is 1.70. The molecule has 3 rings (SSSR count). The highest BCUT2D eigenvalue weighted by Gasteiger charge is 2.23. The predicted molar refractivity (Wildman–Crippen MR) is 97.6 cm³/mol. The summed E-state index contributed by atoms with van der Waals surface area (Å²) < 4.78 is 7.47. The second kappa shape index (κ2) is 7.12. The van der Waals surface area contributed by atoms with Crippen molar-refractivity contribution in [3.8, 4) is 0 Å². The van der Waals surface area contributed by atoms with Gasteiger partial charge in [-0.25, -0.2) is 4.98 Å². The van der Waals surface area contributed by atoms with Crippen LogP contribution in [0.4, 0.5) is 0 Å². The topological polar surface area (TPSA) is 69.0 Å². The molecular formula is C19H28N4O2. The molecule has 0 aliphatic carbocycles. The standard InChI is InChI=1S/C19H28N4O2/c1-11-15(12(2)21-19-18(11)14(4)22-23(19)5)8-9-17(24)20-13(3)16-7-6-10-25-16/h13,16H,6-10H2,1-5H3,(H,20,24)/t13-,16+/m0/s1. The van der Waals surface area contributed by atoms with Gasteiger partial charge in [0, 0.05) is 31.2 Å². The number of hydrogen-bond donors (Lipinski definition) is 1. The van der Waals surface area contributed by atoms with Crippen LogP contribution in [0.3, 0.4) is 0 Å². The Kier molecular flexibility index (Phi) is 5.08. The number of carbonyl (C=O) groups excluding carboxylic acids is 1. The van der Waals surface area contributed by atoms with Gasteiger partial charge in [0.05, 0.1) is 17.8 Å². The van der Waals surface area contributed by atoms with Crippen molar-refractivity contribution in [2.24, 2.45) is 7.05 Å². The SMILES string of the molecule is Cc1nc2c(c(C)nn2C)c(C)c1CCC(=O)N[C@@H](C)[C@H]1CCCO1. The average Bonchev–Trinajstić information content (AvgIpc) is 3.16. The number of ether oxygens (including phenoxy) is 1. The number of pyridine rings is 1. The highest BCUT2D eigenvalue weighted by Crippen LogP contribution is 2.26. The first-order chi connectivity index (χ1) is 11.9. The van der Waals surface area contributed by atoms with Crippen LogP contribution in [0.2, 0.25) is 0 Å². The number of rotatable bonds is 5. The summed E-state index contributed by atoms with van der Waals surface area (Å²) in [5.41, 5.74) is 5.22. The van der Waals surface area contributed by atoms with E-state index >= 15 is 0 Å². The second-order valence-corrected chi connectivity index (χ2v) is 7.12. The smallest absolute Gasteiger partial charge is 0.220 e. The molecule has 3 heterocycles. The van der Waals surface area contributed by atoms with Gasteiger partial charge in [-0.05, 0) is 58.1 Å². The number of aromatic nitrogens is 3. The summed E-state index contributed by atoms with van der Waals surface area (Å²) in [4.78, 5) is 17.0. The molecule has 2 aromatic rings. The Labute approximate surface area is 149 Å². The van der Waals surface area contributed by atoms with Gasteiger partial charge in [0.1, 0.15) is 0 Å². The van der Waals surface area contributed by atoms with Crippen LogP contribution in [0, 0.1) is 20.8 Å². The lowest BCUT2D eigenvalue weighted by Crippen LogP contribution is -2.40. The molecule has 1 amide bonds. The molecule has 25 heavy (non-hydrogen) atoms. The van der Waals surface area contributed by atoms with Crippen molar-refractivity contribution in [2.45, 2.75) is 65.5 Å². The van der Waals surface area contributed by atoms with Crippen LogP contribution in [-0.4, -0.2) is 39.4 Å². The molecule has 1 aliphatic rings. The van der Waals surface area contributed by atoms with Crippen molar-refractivity contribution in [2.75, 3.05) is 6.61 Å². The summed E-state index contributed by atoms with van der Waals surface area (Å²) in [7, 11) is 1.92. The fourth-order valence-electron chi connectivity index (χ4n) is 3.88. The van der Waals surface area contributed by atoms with Gasteiger partial charge in [0.15, 0.2) is 5.65 Å². The molecule has 0 radical (unpaired) electrons. The van der Waals surface area contributed by atoms with E-state index in [1.807, 2.05) is 32.5 Å². The molecule has 0 bridgehead atoms. The summed E-state index contributed by atoms with van der Waals surface area (Å²) >= 11 is 0. The van der Waals surface area contributed by atoms with E-state index in [1.54, 1.807) is 0 Å². The van der Waals surface area contributed by atoms with Crippen molar-refractivity contribution >= 4 is 16.9 Å². The third-order valence-electron chi connectivity index (χ3n) is 5.24. The van der Waals surface area contributed by atoms with E-state index in [9.17, 15) is 4.79 Å². The van der Waals surface area contributed by atoms with Crippen LogP contribution >= 0.6 is 0 Å². The summed E-state index contributed by atoms with van der Waals surface area (Å²) in [6.07, 6.45) is 3.42. The zero-order chi connectivity index (χ0) is 18.1. The Bertz CT molecular complexity index is 791. The molecule has 0 unspecified atom stereocenters. The molecule has 136 valence electrons. The van der Waals surface area contributed by atoms with E-state index in [4.69, 9.17) is 9.72 Å². The largest absolute Gasteiger partial charge is 0.376 e. The van der Waals surface area contributed by atoms with E-state index in [0.717, 1.165) is 47.4 Å². The number of hydrogen-bond acceptors (Lipinski definition) is 4. The molecule has 1 saturated heterocycles. The lowest BCUT2D eigenvalue weighted by molar-refractivity contribution is -0.122. The van der Waals surface area contributed by atoms with Crippen LogP contribution in [0.5, 0.6) is 0 Å². The molecular weight excluding hydrogens is 316 g/mol. The number of fused-ring (bicyclic) bond motifs is 1. The summed E-state index contributed by atoms with van der Waals surface area (Å²) in [6.45, 7) is 8.95. The van der Waals surface area contributed by atoms with E-state index in [2.05, 4.69) is 17.3 Å². The maximum atomic E-state index is 12.3. The first-order valence-corrected chi connectivity index (χ1v) is 9.08. The summed E-state index contributed by atoms with van der Waals surface area (Å²) in [5, 5.41) is 8.66. The van der Waals surface area contributed by atoms with Crippen molar-refractivity contribution in [1.29, 1.82) is 0 Å². The molecule has 2 atom stereocenters. The quantitative estimate of drug-likeness (QED) is 0.905. The average molecular weight is 344 g/mol. The molecule has 6 nitrogen and oxygen atoms in total. The molecule has 1 aliphatic heterocycles. The van der Waals surface area contributed by atoms with E-state index < -0.39 is 0 Å². The minimum Gasteiger partial charge on any atom is -0.376 e. The van der Waals surface area contributed by atoms with Crippen LogP contribution in [0.15, 0.2) is 0 Å². The summed E-state index contributed by atoms with van der Waals surface area (Å²) in [5.74, 6) is 0.0739. The number of amides is 1. The van der Waals surface area contributed by atoms with Gasteiger partial charge in [0.25, 0.3) is 0 Å². The number of aryl methyl sites for hydroxylation is 4. The van der Waals surface area contributed by atoms with Gasteiger partial charge in [-0.15, -0.1) is 0 Å². The van der Waals surface area contributed by atoms with Gasteiger partial charge < -0.3 is 10.1 Å². The molecule has 0 spiro atoms. The zero-order valence-electron chi connectivity index (χ0n) is 15.8. The van der Waals surface area contributed by atoms with Crippen LogP contribution in [0.1, 0.15) is 48.7 Å². The first-order valence-electron chi connectivity index (χ1n) is 9.08. The molecule has 6 heteroatoms. The normalized spacial score (nSPS) is 18.7. The third kappa shape index (κ3) is 3.54. The first kappa shape index (κ1) is 17.9. The molecule has 1 fully saturated rings. The Morgan fingerprint density at radius 3 is 2.80 bits per heavy atom. The van der Waals surface area contributed by atoms with Crippen molar-refractivity contribution in [3.63, 3.8) is 0 Å². The minimum absolute atomic E-state index is 0.0679. The second-order valence-electron chi connectivity index (χ2n) is 7.12. The number of nitrogens with zero attached hydrogens (tertiary/aromatic N) is 3. The Morgan fingerprint density at radius 2 is 2.12 bits per heavy atom. The van der Waals surface area contributed by atoms with Crippen molar-refractivity contribution < 1.29 is 9.53 Å². The number of carbonyl (C=O) groups is 1. The lowest BCUT2D eigenvalue weighted by atomic mass is 9.99. The highest BCUT2D eigenvalue weighted by atomic mass is 16.5. The van der Waals surface area contributed by atoms with Gasteiger partial charge in [0.2, 0.25) is 5.91 Å². The molecule has 0 aromatic carbocycles. The predicted octanol–water partition coefficient (Wildman–Crippen LogP) is 2.51. The zero-order valence-corrected chi connectivity index (χ0v) is 15.8. The van der Waals surface area contributed by atoms with E-state index in [0.29, 0.717) is 12.8 Å². The van der Waals surface area contributed by atoms with Gasteiger partial charge in [-0.3, -0.25) is 9.48 Å². The van der Waals surface area contributed by atoms with Crippen LogP contribution in [-0.2, 0) is 23.0 Å². The van der Waals surface area contributed by atoms with E-state index in [-0.39, 0.29) is 18.1 Å². The van der Waals surface area contributed by atoms with Gasteiger partial charge in [-0.2, -0.15) is 5.10 Å². The van der Waals surface area contributed by atoms with Gasteiger partial charge >= 0.3 is 0 Å². The number of nitrogens with one attached hydrogen (secondary N) is 1. The fourth-order valence-corrected chi connectivity index (χ4v) is 3.88. The van der Waals surface area contributed by atoms with Crippen molar-refractivity contribution in [1.82, 2.24) is 20.1 Å².